The molecule has 2 atom stereocenters. The molecule has 0 bridgehead atoms. The standard InChI is InChI=1S/C15H23NO3/c1-10-5-6-11(2)14(7-10)19-9-15(18)16-13(4)12(3)8-17/h5-7,12-13,17H,8-9H2,1-4H3,(H,16,18). The van der Waals surface area contributed by atoms with Gasteiger partial charge < -0.3 is 15.2 Å². The number of hydrogen-bond donors (Lipinski definition) is 2. The second-order valence-electron chi connectivity index (χ2n) is 5.07. The van der Waals surface area contributed by atoms with Crippen molar-refractivity contribution in [3.8, 4) is 5.75 Å². The van der Waals surface area contributed by atoms with E-state index in [-0.39, 0.29) is 31.1 Å². The van der Waals surface area contributed by atoms with Crippen LogP contribution in [0.4, 0.5) is 0 Å². The fraction of sp³-hybridized carbons (Fsp3) is 0.533. The van der Waals surface area contributed by atoms with Crippen LogP contribution in [0.3, 0.4) is 0 Å². The van der Waals surface area contributed by atoms with Gasteiger partial charge in [0.2, 0.25) is 0 Å². The Morgan fingerprint density at radius 3 is 2.68 bits per heavy atom. The van der Waals surface area contributed by atoms with Crippen LogP contribution in [0.25, 0.3) is 0 Å². The van der Waals surface area contributed by atoms with Crippen LogP contribution in [0.5, 0.6) is 5.75 Å². The molecule has 0 aliphatic rings. The summed E-state index contributed by atoms with van der Waals surface area (Å²) in [6.07, 6.45) is 0. The van der Waals surface area contributed by atoms with Crippen molar-refractivity contribution in [3.05, 3.63) is 29.3 Å². The Hall–Kier alpha value is -1.55. The number of benzene rings is 1. The summed E-state index contributed by atoms with van der Waals surface area (Å²) in [7, 11) is 0. The lowest BCUT2D eigenvalue weighted by molar-refractivity contribution is -0.124. The van der Waals surface area contributed by atoms with E-state index in [1.54, 1.807) is 0 Å². The Labute approximate surface area is 114 Å². The number of carbonyl (C=O) groups is 1. The van der Waals surface area contributed by atoms with E-state index >= 15 is 0 Å². The van der Waals surface area contributed by atoms with Gasteiger partial charge in [-0.25, -0.2) is 0 Å². The summed E-state index contributed by atoms with van der Waals surface area (Å²) in [6, 6.07) is 5.83. The molecule has 0 aliphatic heterocycles. The Balaban J connectivity index is 2.48. The van der Waals surface area contributed by atoms with Crippen LogP contribution in [0, 0.1) is 19.8 Å². The van der Waals surface area contributed by atoms with E-state index in [1.165, 1.54) is 0 Å². The van der Waals surface area contributed by atoms with E-state index in [1.807, 2.05) is 45.9 Å². The molecule has 0 radical (unpaired) electrons. The highest BCUT2D eigenvalue weighted by molar-refractivity contribution is 5.77. The highest BCUT2D eigenvalue weighted by atomic mass is 16.5. The minimum absolute atomic E-state index is 0.00716. The summed E-state index contributed by atoms with van der Waals surface area (Å²) < 4.78 is 5.52. The van der Waals surface area contributed by atoms with Crippen molar-refractivity contribution in [2.24, 2.45) is 5.92 Å². The third-order valence-corrected chi connectivity index (χ3v) is 3.23. The first-order chi connectivity index (χ1) is 8.93. The maximum atomic E-state index is 11.7. The monoisotopic (exact) mass is 265 g/mol. The molecule has 2 unspecified atom stereocenters. The number of aliphatic hydroxyl groups excluding tert-OH is 1. The Kier molecular flexibility index (Phi) is 5.83. The minimum atomic E-state index is -0.172. The summed E-state index contributed by atoms with van der Waals surface area (Å²) in [5, 5.41) is 11.8. The zero-order valence-electron chi connectivity index (χ0n) is 12.1. The number of hydrogen-bond acceptors (Lipinski definition) is 3. The van der Waals surface area contributed by atoms with Crippen molar-refractivity contribution in [3.63, 3.8) is 0 Å². The van der Waals surface area contributed by atoms with Gasteiger partial charge in [0.15, 0.2) is 6.61 Å². The molecule has 106 valence electrons. The molecule has 19 heavy (non-hydrogen) atoms. The third kappa shape index (κ3) is 4.91. The van der Waals surface area contributed by atoms with Crippen LogP contribution >= 0.6 is 0 Å². The Bertz CT molecular complexity index is 431. The minimum Gasteiger partial charge on any atom is -0.483 e. The van der Waals surface area contributed by atoms with E-state index in [2.05, 4.69) is 5.32 Å². The number of aliphatic hydroxyl groups is 1. The van der Waals surface area contributed by atoms with Crippen LogP contribution in [-0.2, 0) is 4.79 Å². The molecule has 1 rings (SSSR count). The predicted molar refractivity (Wildman–Crippen MR) is 75.3 cm³/mol. The molecule has 0 saturated carbocycles. The number of amides is 1. The molecule has 2 N–H and O–H groups in total. The molecule has 4 heteroatoms. The number of carbonyl (C=O) groups excluding carboxylic acids is 1. The number of rotatable bonds is 6. The summed E-state index contributed by atoms with van der Waals surface area (Å²) in [5.74, 6) is 0.594. The van der Waals surface area contributed by atoms with Gasteiger partial charge in [0.05, 0.1) is 0 Å². The van der Waals surface area contributed by atoms with E-state index < -0.39 is 0 Å². The van der Waals surface area contributed by atoms with Crippen molar-refractivity contribution in [2.75, 3.05) is 13.2 Å². The Morgan fingerprint density at radius 2 is 2.05 bits per heavy atom. The molecule has 1 amide bonds. The summed E-state index contributed by atoms with van der Waals surface area (Å²) in [6.45, 7) is 7.74. The van der Waals surface area contributed by atoms with Crippen molar-refractivity contribution >= 4 is 5.91 Å². The molecular weight excluding hydrogens is 242 g/mol. The average molecular weight is 265 g/mol. The molecule has 4 nitrogen and oxygen atoms in total. The van der Waals surface area contributed by atoms with Gasteiger partial charge in [-0.1, -0.05) is 19.1 Å². The van der Waals surface area contributed by atoms with E-state index in [4.69, 9.17) is 9.84 Å². The lowest BCUT2D eigenvalue weighted by Gasteiger charge is -2.19. The molecule has 0 fully saturated rings. The second-order valence-corrected chi connectivity index (χ2v) is 5.07. The number of ether oxygens (including phenoxy) is 1. The van der Waals surface area contributed by atoms with Crippen molar-refractivity contribution in [1.82, 2.24) is 5.32 Å². The normalized spacial score (nSPS) is 13.7. The highest BCUT2D eigenvalue weighted by Gasteiger charge is 2.14. The average Bonchev–Trinajstić information content (AvgIpc) is 2.38. The molecule has 0 saturated heterocycles. The van der Waals surface area contributed by atoms with Gasteiger partial charge in [-0.05, 0) is 43.9 Å². The van der Waals surface area contributed by atoms with Crippen LogP contribution < -0.4 is 10.1 Å². The van der Waals surface area contributed by atoms with Crippen LogP contribution in [-0.4, -0.2) is 30.3 Å². The van der Waals surface area contributed by atoms with Crippen LogP contribution in [0.1, 0.15) is 25.0 Å². The summed E-state index contributed by atoms with van der Waals surface area (Å²) in [4.78, 5) is 11.7. The van der Waals surface area contributed by atoms with Gasteiger partial charge in [-0.2, -0.15) is 0 Å². The van der Waals surface area contributed by atoms with Crippen molar-refractivity contribution in [1.29, 1.82) is 0 Å². The SMILES string of the molecule is Cc1ccc(C)c(OCC(=O)NC(C)C(C)CO)c1. The van der Waals surface area contributed by atoms with E-state index in [0.717, 1.165) is 16.9 Å². The zero-order valence-corrected chi connectivity index (χ0v) is 12.1. The van der Waals surface area contributed by atoms with Gasteiger partial charge >= 0.3 is 0 Å². The smallest absolute Gasteiger partial charge is 0.258 e. The molecule has 0 aromatic heterocycles. The molecule has 1 aromatic carbocycles. The summed E-state index contributed by atoms with van der Waals surface area (Å²) >= 11 is 0. The lowest BCUT2D eigenvalue weighted by Crippen LogP contribution is -2.40. The fourth-order valence-corrected chi connectivity index (χ4v) is 1.60. The maximum Gasteiger partial charge on any atom is 0.258 e. The van der Waals surface area contributed by atoms with Crippen LogP contribution in [0.15, 0.2) is 18.2 Å². The first-order valence-electron chi connectivity index (χ1n) is 6.54. The topological polar surface area (TPSA) is 58.6 Å². The first-order valence-corrected chi connectivity index (χ1v) is 6.54. The third-order valence-electron chi connectivity index (χ3n) is 3.23. The second kappa shape index (κ2) is 7.14. The van der Waals surface area contributed by atoms with Gasteiger partial charge in [-0.3, -0.25) is 4.79 Å². The van der Waals surface area contributed by atoms with Gasteiger partial charge in [-0.15, -0.1) is 0 Å². The van der Waals surface area contributed by atoms with Gasteiger partial charge in [0, 0.05) is 12.6 Å². The van der Waals surface area contributed by atoms with E-state index in [9.17, 15) is 4.79 Å². The predicted octanol–water partition coefficient (Wildman–Crippen LogP) is 1.82. The lowest BCUT2D eigenvalue weighted by atomic mass is 10.1. The van der Waals surface area contributed by atoms with Crippen molar-refractivity contribution < 1.29 is 14.6 Å². The number of nitrogens with one attached hydrogen (secondary N) is 1. The quantitative estimate of drug-likeness (QED) is 0.825. The van der Waals surface area contributed by atoms with Gasteiger partial charge in [0.25, 0.3) is 5.91 Å². The molecule has 1 aromatic rings. The van der Waals surface area contributed by atoms with Crippen LogP contribution in [0.2, 0.25) is 0 Å². The molecule has 0 spiro atoms. The molecule has 0 heterocycles. The molecule has 0 aliphatic carbocycles. The number of aryl methyl sites for hydroxylation is 2. The highest BCUT2D eigenvalue weighted by Crippen LogP contribution is 2.18. The fourth-order valence-electron chi connectivity index (χ4n) is 1.60. The van der Waals surface area contributed by atoms with Crippen molar-refractivity contribution in [2.45, 2.75) is 33.7 Å². The first kappa shape index (κ1) is 15.5. The van der Waals surface area contributed by atoms with Gasteiger partial charge in [0.1, 0.15) is 5.75 Å². The van der Waals surface area contributed by atoms with E-state index in [0.29, 0.717) is 0 Å². The summed E-state index contributed by atoms with van der Waals surface area (Å²) in [5.41, 5.74) is 2.11. The Morgan fingerprint density at radius 1 is 1.37 bits per heavy atom. The molecular formula is C15H23NO3. The maximum absolute atomic E-state index is 11.7. The zero-order chi connectivity index (χ0) is 14.4. The largest absolute Gasteiger partial charge is 0.483 e.